The molecule has 14 heteroatoms. The van der Waals surface area contributed by atoms with Crippen molar-refractivity contribution in [2.24, 2.45) is 0 Å². The lowest BCUT2D eigenvalue weighted by Gasteiger charge is -2.32. The normalized spacial score (nSPS) is 13.0. The number of carbonyl (C=O) groups is 4. The molecule has 3 atom stereocenters. The molecule has 0 saturated heterocycles. The fourth-order valence-corrected chi connectivity index (χ4v) is 9.78. The van der Waals surface area contributed by atoms with Crippen LogP contribution >= 0.6 is 0 Å². The van der Waals surface area contributed by atoms with E-state index in [1.54, 1.807) is 4.90 Å². The largest absolute Gasteiger partial charge is 0.463 e. The third-order valence-corrected chi connectivity index (χ3v) is 14.7. The summed E-state index contributed by atoms with van der Waals surface area (Å²) in [7, 11) is 0. The van der Waals surface area contributed by atoms with E-state index in [2.05, 4.69) is 89.8 Å². The highest BCUT2D eigenvalue weighted by atomic mass is 16.7. The van der Waals surface area contributed by atoms with Crippen LogP contribution in [0.1, 0.15) is 286 Å². The van der Waals surface area contributed by atoms with E-state index in [1.807, 2.05) is 0 Å². The van der Waals surface area contributed by atoms with Crippen LogP contribution in [-0.2, 0) is 52.3 Å². The van der Waals surface area contributed by atoms with E-state index in [4.69, 9.17) is 33.2 Å². The maximum absolute atomic E-state index is 14.5. The Morgan fingerprint density at radius 1 is 0.398 bits per heavy atom. The van der Waals surface area contributed by atoms with E-state index in [-0.39, 0.29) is 76.6 Å². The molecular weight excluding hydrogens is 1050 g/mol. The molecule has 14 nitrogen and oxygen atoms in total. The minimum Gasteiger partial charge on any atom is -0.463 e. The Morgan fingerprint density at radius 3 is 1.31 bits per heavy atom. The van der Waals surface area contributed by atoms with E-state index >= 15 is 0 Å². The van der Waals surface area contributed by atoms with Gasteiger partial charge in [-0.05, 0) is 167 Å². The van der Waals surface area contributed by atoms with Crippen LogP contribution in [0, 0.1) is 0 Å². The van der Waals surface area contributed by atoms with Crippen molar-refractivity contribution in [1.29, 1.82) is 0 Å². The van der Waals surface area contributed by atoms with Crippen molar-refractivity contribution in [3.63, 3.8) is 0 Å². The molecular formula is C69H128N2O12. The third-order valence-electron chi connectivity index (χ3n) is 14.7. The van der Waals surface area contributed by atoms with Crippen molar-refractivity contribution in [3.8, 4) is 0 Å². The summed E-state index contributed by atoms with van der Waals surface area (Å²) in [4.78, 5) is 58.8. The van der Waals surface area contributed by atoms with Gasteiger partial charge in [0.2, 0.25) is 5.91 Å². The van der Waals surface area contributed by atoms with Crippen molar-refractivity contribution in [2.45, 2.75) is 311 Å². The molecule has 0 aliphatic carbocycles. The van der Waals surface area contributed by atoms with E-state index in [9.17, 15) is 24.3 Å². The highest BCUT2D eigenvalue weighted by Gasteiger charge is 2.28. The fourth-order valence-electron chi connectivity index (χ4n) is 9.78. The first-order valence-corrected chi connectivity index (χ1v) is 34.2. The summed E-state index contributed by atoms with van der Waals surface area (Å²) >= 11 is 0. The molecule has 1 N–H and O–H groups in total. The molecule has 0 fully saturated rings. The quantitative estimate of drug-likeness (QED) is 0.0202. The number of hydrogen-bond donors (Lipinski definition) is 1. The Labute approximate surface area is 508 Å². The van der Waals surface area contributed by atoms with E-state index in [1.165, 1.54) is 25.7 Å². The number of aliphatic hydroxyl groups is 1. The predicted octanol–water partition coefficient (Wildman–Crippen LogP) is 16.4. The van der Waals surface area contributed by atoms with Gasteiger partial charge in [0.25, 0.3) is 0 Å². The second kappa shape index (κ2) is 61.9. The first kappa shape index (κ1) is 79.9. The zero-order valence-corrected chi connectivity index (χ0v) is 54.5. The van der Waals surface area contributed by atoms with Crippen molar-refractivity contribution in [1.82, 2.24) is 9.80 Å². The standard InChI is InChI=1S/C69H128N2O12/c1-8-15-20-25-29-38-56-77-68(78-57-39-30-26-21-16-9-2)47-36-34-45-65(74)81-60-62(61-82-66(75)46-35-37-48-69(79-58-40-31-27-22-17-10-3)80-59-41-32-28-23-18-11-4)71(53-42-52-70(51-14-7)54-55-72)64(73)49-50-67(76)83-63(43-13-6)44-33-24-19-12-5/h15-17,20-22,62-63,68-69,72H,8-14,18-19,23-61H2,1-7H3/b20-15-,21-16-,22-17-. The lowest BCUT2D eigenvalue weighted by Crippen LogP contribution is -2.47. The SMILES string of the molecule is CC/C=C\CCCCOC(CCCCC(=O)OCC(COC(=O)CCCCC(OCCCC/C=C\CC)OCCCCCCCC)N(CCCN(CCC)CCO)C(=O)CCC(=O)OC(CCC)CCCCCC)OCCCC/C=C\CC. The highest BCUT2D eigenvalue weighted by molar-refractivity contribution is 5.82. The summed E-state index contributed by atoms with van der Waals surface area (Å²) in [5.74, 6) is -1.51. The Kier molecular flexibility index (Phi) is 59.6. The van der Waals surface area contributed by atoms with Gasteiger partial charge < -0.3 is 48.1 Å². The van der Waals surface area contributed by atoms with E-state index in [0.717, 1.165) is 148 Å². The molecule has 0 aliphatic heterocycles. The van der Waals surface area contributed by atoms with E-state index in [0.29, 0.717) is 84.5 Å². The Hall–Kier alpha value is -3.14. The molecule has 83 heavy (non-hydrogen) atoms. The topological polar surface area (TPSA) is 160 Å². The third kappa shape index (κ3) is 51.8. The zero-order valence-electron chi connectivity index (χ0n) is 54.5. The number of aliphatic hydroxyl groups excluding tert-OH is 1. The van der Waals surface area contributed by atoms with Crippen molar-refractivity contribution >= 4 is 23.8 Å². The molecule has 0 saturated carbocycles. The minimum atomic E-state index is -0.790. The van der Waals surface area contributed by atoms with Gasteiger partial charge >= 0.3 is 17.9 Å². The smallest absolute Gasteiger partial charge is 0.306 e. The number of hydrogen-bond acceptors (Lipinski definition) is 13. The van der Waals surface area contributed by atoms with Gasteiger partial charge in [-0.3, -0.25) is 19.2 Å². The summed E-state index contributed by atoms with van der Waals surface area (Å²) in [6.07, 6.45) is 44.0. The second-order valence-electron chi connectivity index (χ2n) is 22.5. The molecule has 0 heterocycles. The summed E-state index contributed by atoms with van der Waals surface area (Å²) in [5.41, 5.74) is 0. The Bertz CT molecular complexity index is 1530. The molecule has 0 aromatic rings. The van der Waals surface area contributed by atoms with Crippen LogP contribution in [0.15, 0.2) is 36.5 Å². The van der Waals surface area contributed by atoms with Crippen LogP contribution < -0.4 is 0 Å². The van der Waals surface area contributed by atoms with Gasteiger partial charge in [-0.1, -0.05) is 143 Å². The van der Waals surface area contributed by atoms with Gasteiger partial charge in [0.05, 0.1) is 19.1 Å². The molecule has 0 bridgehead atoms. The Morgan fingerprint density at radius 2 is 0.855 bits per heavy atom. The van der Waals surface area contributed by atoms with Crippen LogP contribution in [-0.4, -0.2) is 136 Å². The maximum atomic E-state index is 14.5. The number of carbonyl (C=O) groups excluding carboxylic acids is 4. The monoisotopic (exact) mass is 1180 g/mol. The zero-order chi connectivity index (χ0) is 60.9. The number of rotatable bonds is 63. The molecule has 0 rings (SSSR count). The molecule has 3 unspecified atom stereocenters. The first-order valence-electron chi connectivity index (χ1n) is 34.2. The molecule has 0 aromatic heterocycles. The number of allylic oxidation sites excluding steroid dienone is 6. The van der Waals surface area contributed by atoms with Crippen molar-refractivity contribution in [2.75, 3.05) is 72.4 Å². The number of unbranched alkanes of at least 4 members (excludes halogenated alkanes) is 16. The number of amides is 1. The van der Waals surface area contributed by atoms with E-state index < -0.39 is 23.9 Å². The summed E-state index contributed by atoms with van der Waals surface area (Å²) in [6, 6.07) is -0.790. The Balaban J connectivity index is 6.23. The predicted molar refractivity (Wildman–Crippen MR) is 340 cm³/mol. The van der Waals surface area contributed by atoms with Crippen LogP contribution in [0.2, 0.25) is 0 Å². The number of esters is 3. The molecule has 0 aliphatic rings. The van der Waals surface area contributed by atoms with Gasteiger partial charge in [-0.25, -0.2) is 0 Å². The summed E-state index contributed by atoms with van der Waals surface area (Å²) < 4.78 is 42.8. The highest BCUT2D eigenvalue weighted by Crippen LogP contribution is 2.19. The van der Waals surface area contributed by atoms with Crippen LogP contribution in [0.4, 0.5) is 0 Å². The fraction of sp³-hybridized carbons (Fsp3) is 0.855. The van der Waals surface area contributed by atoms with Gasteiger partial charge in [0.15, 0.2) is 12.6 Å². The minimum absolute atomic E-state index is 0.0170. The average Bonchev–Trinajstić information content (AvgIpc) is 3.50. The van der Waals surface area contributed by atoms with Gasteiger partial charge in [-0.2, -0.15) is 0 Å². The lowest BCUT2D eigenvalue weighted by atomic mass is 10.1. The molecule has 0 radical (unpaired) electrons. The second-order valence-corrected chi connectivity index (χ2v) is 22.5. The van der Waals surface area contributed by atoms with Crippen molar-refractivity contribution < 1.29 is 57.4 Å². The maximum Gasteiger partial charge on any atom is 0.306 e. The summed E-state index contributed by atoms with van der Waals surface area (Å²) in [6.45, 7) is 19.4. The van der Waals surface area contributed by atoms with Crippen LogP contribution in [0.3, 0.4) is 0 Å². The molecule has 486 valence electrons. The molecule has 1 amide bonds. The average molecular weight is 1180 g/mol. The van der Waals surface area contributed by atoms with Gasteiger partial charge in [-0.15, -0.1) is 0 Å². The van der Waals surface area contributed by atoms with Crippen LogP contribution in [0.5, 0.6) is 0 Å². The van der Waals surface area contributed by atoms with Gasteiger partial charge in [0, 0.05) is 58.8 Å². The van der Waals surface area contributed by atoms with Crippen LogP contribution in [0.25, 0.3) is 0 Å². The van der Waals surface area contributed by atoms with Crippen molar-refractivity contribution in [3.05, 3.63) is 36.5 Å². The molecule has 0 spiro atoms. The first-order chi connectivity index (χ1) is 40.6. The van der Waals surface area contributed by atoms with Gasteiger partial charge in [0.1, 0.15) is 19.3 Å². The molecule has 0 aromatic carbocycles. The lowest BCUT2D eigenvalue weighted by molar-refractivity contribution is -0.156. The number of ether oxygens (including phenoxy) is 7. The summed E-state index contributed by atoms with van der Waals surface area (Å²) in [5, 5.41) is 9.81. The number of nitrogens with zero attached hydrogens (tertiary/aromatic N) is 2.